The van der Waals surface area contributed by atoms with Gasteiger partial charge in [-0.1, -0.05) is 48.5 Å². The highest BCUT2D eigenvalue weighted by Gasteiger charge is 2.14. The molecule has 0 aliphatic carbocycles. The standard InChI is InChI=1S/C29H22N2O4/c1-17-15-24(18(2)32)27-25(16-17)30-28(31-27)21-9-7-19(8-10-21)20-11-13-22(14-12-20)35-26-6-4-3-5-23(26)29(33)34/h3-16H,1-2H3,(H,30,31)(H,33,34). The summed E-state index contributed by atoms with van der Waals surface area (Å²) in [5.74, 6) is 0.518. The molecule has 172 valence electrons. The van der Waals surface area contributed by atoms with E-state index in [-0.39, 0.29) is 11.3 Å². The van der Waals surface area contributed by atoms with Gasteiger partial charge < -0.3 is 14.8 Å². The Morgan fingerprint density at radius 3 is 2.11 bits per heavy atom. The third kappa shape index (κ3) is 4.42. The zero-order valence-electron chi connectivity index (χ0n) is 19.2. The number of aromatic carboxylic acids is 1. The normalized spacial score (nSPS) is 10.9. The molecule has 6 nitrogen and oxygen atoms in total. The third-order valence-corrected chi connectivity index (χ3v) is 5.80. The second-order valence-electron chi connectivity index (χ2n) is 8.36. The lowest BCUT2D eigenvalue weighted by molar-refractivity contribution is 0.0694. The van der Waals surface area contributed by atoms with Gasteiger partial charge in [-0.15, -0.1) is 0 Å². The maximum Gasteiger partial charge on any atom is 0.339 e. The Morgan fingerprint density at radius 1 is 0.829 bits per heavy atom. The van der Waals surface area contributed by atoms with Crippen molar-refractivity contribution in [1.29, 1.82) is 0 Å². The number of aromatic nitrogens is 2. The Labute approximate surface area is 201 Å². The monoisotopic (exact) mass is 462 g/mol. The van der Waals surface area contributed by atoms with Gasteiger partial charge in [-0.3, -0.25) is 4.79 Å². The van der Waals surface area contributed by atoms with E-state index in [9.17, 15) is 14.7 Å². The van der Waals surface area contributed by atoms with Crippen molar-refractivity contribution in [2.45, 2.75) is 13.8 Å². The summed E-state index contributed by atoms with van der Waals surface area (Å²) in [6, 6.07) is 25.9. The number of H-pyrrole nitrogens is 1. The molecule has 1 aromatic heterocycles. The molecule has 0 radical (unpaired) electrons. The number of nitrogens with zero attached hydrogens (tertiary/aromatic N) is 1. The quantitative estimate of drug-likeness (QED) is 0.268. The molecular weight excluding hydrogens is 440 g/mol. The van der Waals surface area contributed by atoms with Crippen molar-refractivity contribution in [3.63, 3.8) is 0 Å². The van der Waals surface area contributed by atoms with E-state index in [0.717, 1.165) is 27.8 Å². The number of carbonyl (C=O) groups excluding carboxylic acids is 1. The number of aromatic amines is 1. The van der Waals surface area contributed by atoms with Gasteiger partial charge in [0.1, 0.15) is 22.9 Å². The zero-order chi connectivity index (χ0) is 24.5. The summed E-state index contributed by atoms with van der Waals surface area (Å²) in [7, 11) is 0. The molecule has 0 aliphatic heterocycles. The third-order valence-electron chi connectivity index (χ3n) is 5.80. The molecule has 0 aliphatic rings. The number of carboxylic acid groups (broad SMARTS) is 1. The van der Waals surface area contributed by atoms with Crippen LogP contribution < -0.4 is 4.74 Å². The summed E-state index contributed by atoms with van der Waals surface area (Å²) < 4.78 is 5.79. The molecule has 2 N–H and O–H groups in total. The van der Waals surface area contributed by atoms with E-state index in [0.29, 0.717) is 28.4 Å². The Bertz CT molecular complexity index is 1570. The molecule has 0 saturated carbocycles. The van der Waals surface area contributed by atoms with Crippen LogP contribution in [-0.4, -0.2) is 26.8 Å². The van der Waals surface area contributed by atoms with Gasteiger partial charge in [0.05, 0.1) is 11.0 Å². The van der Waals surface area contributed by atoms with E-state index in [2.05, 4.69) is 9.97 Å². The van der Waals surface area contributed by atoms with Crippen LogP contribution in [0.15, 0.2) is 84.9 Å². The van der Waals surface area contributed by atoms with Gasteiger partial charge in [0.25, 0.3) is 0 Å². The fraction of sp³-hybridized carbons (Fsp3) is 0.0690. The van der Waals surface area contributed by atoms with Crippen LogP contribution in [0.2, 0.25) is 0 Å². The minimum Gasteiger partial charge on any atom is -0.478 e. The number of ether oxygens (including phenoxy) is 1. The first-order chi connectivity index (χ1) is 16.9. The van der Waals surface area contributed by atoms with Crippen LogP contribution in [-0.2, 0) is 0 Å². The summed E-state index contributed by atoms with van der Waals surface area (Å²) in [5.41, 5.74) is 6.19. The molecule has 0 amide bonds. The Morgan fingerprint density at radius 2 is 1.46 bits per heavy atom. The predicted molar refractivity (Wildman–Crippen MR) is 135 cm³/mol. The van der Waals surface area contributed by atoms with Crippen molar-refractivity contribution < 1.29 is 19.4 Å². The first-order valence-electron chi connectivity index (χ1n) is 11.1. The average molecular weight is 463 g/mol. The molecule has 0 atom stereocenters. The van der Waals surface area contributed by atoms with Gasteiger partial charge in [0, 0.05) is 11.1 Å². The smallest absolute Gasteiger partial charge is 0.339 e. The number of aryl methyl sites for hydroxylation is 1. The van der Waals surface area contributed by atoms with E-state index >= 15 is 0 Å². The van der Waals surface area contributed by atoms with E-state index in [1.54, 1.807) is 25.1 Å². The van der Waals surface area contributed by atoms with Gasteiger partial charge in [0.2, 0.25) is 0 Å². The van der Waals surface area contributed by atoms with Crippen LogP contribution in [0.3, 0.4) is 0 Å². The number of para-hydroxylation sites is 1. The van der Waals surface area contributed by atoms with Gasteiger partial charge in [-0.05, 0) is 66.9 Å². The van der Waals surface area contributed by atoms with E-state index in [1.807, 2.05) is 67.6 Å². The SMILES string of the molecule is CC(=O)c1cc(C)cc2[nH]c(-c3ccc(-c4ccc(Oc5ccccc5C(=O)O)cc4)cc3)nc12. The number of benzene rings is 4. The average Bonchev–Trinajstić information content (AvgIpc) is 3.28. The number of Topliss-reactive ketones (excluding diaryl/α,β-unsaturated/α-hetero) is 1. The van der Waals surface area contributed by atoms with Gasteiger partial charge in [0.15, 0.2) is 5.78 Å². The van der Waals surface area contributed by atoms with Crippen LogP contribution in [0.5, 0.6) is 11.5 Å². The summed E-state index contributed by atoms with van der Waals surface area (Å²) >= 11 is 0. The number of nitrogens with one attached hydrogen (secondary N) is 1. The molecule has 0 saturated heterocycles. The van der Waals surface area contributed by atoms with Gasteiger partial charge in [-0.2, -0.15) is 0 Å². The molecule has 5 aromatic rings. The summed E-state index contributed by atoms with van der Waals surface area (Å²) in [6.45, 7) is 3.51. The van der Waals surface area contributed by atoms with Gasteiger partial charge >= 0.3 is 5.97 Å². The fourth-order valence-electron chi connectivity index (χ4n) is 4.06. The highest BCUT2D eigenvalue weighted by Crippen LogP contribution is 2.30. The summed E-state index contributed by atoms with van der Waals surface area (Å²) in [5, 5.41) is 9.33. The Balaban J connectivity index is 1.38. The van der Waals surface area contributed by atoms with Crippen molar-refractivity contribution in [1.82, 2.24) is 9.97 Å². The van der Waals surface area contributed by atoms with E-state index in [1.165, 1.54) is 6.07 Å². The van der Waals surface area contributed by atoms with E-state index < -0.39 is 5.97 Å². The topological polar surface area (TPSA) is 92.3 Å². The molecule has 4 aromatic carbocycles. The number of carboxylic acids is 1. The largest absolute Gasteiger partial charge is 0.478 e. The first kappa shape index (κ1) is 22.1. The maximum atomic E-state index is 12.0. The number of carbonyl (C=O) groups is 2. The minimum atomic E-state index is -1.03. The Kier molecular flexibility index (Phi) is 5.63. The minimum absolute atomic E-state index is 0.00836. The second-order valence-corrected chi connectivity index (χ2v) is 8.36. The molecule has 0 bridgehead atoms. The predicted octanol–water partition coefficient (Wildman–Crippen LogP) is 6.90. The van der Waals surface area contributed by atoms with Gasteiger partial charge in [-0.25, -0.2) is 9.78 Å². The molecule has 35 heavy (non-hydrogen) atoms. The Hall–Kier alpha value is -4.71. The molecule has 5 rings (SSSR count). The van der Waals surface area contributed by atoms with Crippen molar-refractivity contribution in [2.24, 2.45) is 0 Å². The number of rotatable bonds is 6. The number of ketones is 1. The lowest BCUT2D eigenvalue weighted by Gasteiger charge is -2.09. The first-order valence-corrected chi connectivity index (χ1v) is 11.1. The lowest BCUT2D eigenvalue weighted by Crippen LogP contribution is -1.99. The number of fused-ring (bicyclic) bond motifs is 1. The van der Waals surface area contributed by atoms with Crippen molar-refractivity contribution in [3.05, 3.63) is 102 Å². The highest BCUT2D eigenvalue weighted by atomic mass is 16.5. The van der Waals surface area contributed by atoms with Crippen molar-refractivity contribution >= 4 is 22.8 Å². The van der Waals surface area contributed by atoms with Crippen LogP contribution in [0.1, 0.15) is 33.2 Å². The van der Waals surface area contributed by atoms with Crippen LogP contribution in [0.4, 0.5) is 0 Å². The van der Waals surface area contributed by atoms with Crippen LogP contribution in [0.25, 0.3) is 33.5 Å². The number of hydrogen-bond donors (Lipinski definition) is 2. The van der Waals surface area contributed by atoms with E-state index in [4.69, 9.17) is 4.74 Å². The zero-order valence-corrected chi connectivity index (χ0v) is 19.2. The number of hydrogen-bond acceptors (Lipinski definition) is 4. The molecule has 0 unspecified atom stereocenters. The summed E-state index contributed by atoms with van der Waals surface area (Å²) in [6.07, 6.45) is 0. The molecule has 0 fully saturated rings. The fourth-order valence-corrected chi connectivity index (χ4v) is 4.06. The van der Waals surface area contributed by atoms with Crippen LogP contribution >= 0.6 is 0 Å². The molecule has 0 spiro atoms. The van der Waals surface area contributed by atoms with Crippen molar-refractivity contribution in [3.8, 4) is 34.0 Å². The van der Waals surface area contributed by atoms with Crippen LogP contribution in [0, 0.1) is 6.92 Å². The molecule has 6 heteroatoms. The maximum absolute atomic E-state index is 12.0. The van der Waals surface area contributed by atoms with Crippen molar-refractivity contribution in [2.75, 3.05) is 0 Å². The second kappa shape index (κ2) is 8.91. The molecule has 1 heterocycles. The lowest BCUT2D eigenvalue weighted by atomic mass is 10.0. The number of imidazole rings is 1. The highest BCUT2D eigenvalue weighted by molar-refractivity contribution is 6.05. The summed E-state index contributed by atoms with van der Waals surface area (Å²) in [4.78, 5) is 31.4. The molecular formula is C29H22N2O4.